The maximum Gasteiger partial charge on any atom is 0.472 e. The molecular formula is C81H158O17P2. The molecule has 0 rings (SSSR count). The Bertz CT molecular complexity index is 1960. The molecule has 0 aromatic carbocycles. The van der Waals surface area contributed by atoms with E-state index in [9.17, 15) is 43.2 Å². The zero-order valence-corrected chi connectivity index (χ0v) is 67.6. The monoisotopic (exact) mass is 1470 g/mol. The molecule has 100 heavy (non-hydrogen) atoms. The summed E-state index contributed by atoms with van der Waals surface area (Å²) in [6.07, 6.45) is 56.9. The van der Waals surface area contributed by atoms with E-state index in [1.165, 1.54) is 218 Å². The van der Waals surface area contributed by atoms with Crippen LogP contribution in [0.2, 0.25) is 0 Å². The molecule has 0 aliphatic rings. The van der Waals surface area contributed by atoms with E-state index in [0.717, 1.165) is 114 Å². The van der Waals surface area contributed by atoms with Crippen molar-refractivity contribution in [2.75, 3.05) is 39.6 Å². The highest BCUT2D eigenvalue weighted by Gasteiger charge is 2.30. The number of hydrogen-bond acceptors (Lipinski definition) is 15. The fourth-order valence-electron chi connectivity index (χ4n) is 12.4. The van der Waals surface area contributed by atoms with Crippen molar-refractivity contribution in [1.82, 2.24) is 0 Å². The number of aliphatic hydroxyl groups excluding tert-OH is 1. The molecule has 0 aromatic rings. The fourth-order valence-corrected chi connectivity index (χ4v) is 14.0. The lowest BCUT2D eigenvalue weighted by Gasteiger charge is -2.21. The van der Waals surface area contributed by atoms with Crippen LogP contribution < -0.4 is 0 Å². The van der Waals surface area contributed by atoms with Crippen LogP contribution in [0, 0.1) is 23.7 Å². The summed E-state index contributed by atoms with van der Waals surface area (Å²) in [6, 6.07) is 0. The largest absolute Gasteiger partial charge is 0.472 e. The van der Waals surface area contributed by atoms with Crippen LogP contribution >= 0.6 is 15.6 Å². The molecule has 19 heteroatoms. The summed E-state index contributed by atoms with van der Waals surface area (Å²) in [6.45, 7) is 14.3. The molecule has 0 bridgehead atoms. The number of unbranched alkanes of at least 4 members (excludes halogenated alkanes) is 43. The van der Waals surface area contributed by atoms with Gasteiger partial charge in [-0.1, -0.05) is 364 Å². The summed E-state index contributed by atoms with van der Waals surface area (Å²) < 4.78 is 68.7. The topological polar surface area (TPSA) is 237 Å². The Morgan fingerprint density at radius 1 is 0.280 bits per heavy atom. The highest BCUT2D eigenvalue weighted by molar-refractivity contribution is 7.47. The van der Waals surface area contributed by atoms with Gasteiger partial charge in [0.15, 0.2) is 12.2 Å². The number of phosphoric ester groups is 2. The smallest absolute Gasteiger partial charge is 0.462 e. The van der Waals surface area contributed by atoms with Crippen LogP contribution in [0.25, 0.3) is 0 Å². The number of esters is 4. The Balaban J connectivity index is 5.22. The van der Waals surface area contributed by atoms with Crippen LogP contribution in [0.1, 0.15) is 415 Å². The zero-order chi connectivity index (χ0) is 73.8. The van der Waals surface area contributed by atoms with Gasteiger partial charge in [0.2, 0.25) is 0 Å². The molecule has 0 saturated carbocycles. The number of aliphatic hydroxyl groups is 1. The Hall–Kier alpha value is -1.94. The maximum atomic E-state index is 13.1. The van der Waals surface area contributed by atoms with Gasteiger partial charge in [-0.15, -0.1) is 0 Å². The molecule has 6 atom stereocenters. The molecular weight excluding hydrogens is 1310 g/mol. The zero-order valence-electron chi connectivity index (χ0n) is 65.8. The first-order chi connectivity index (χ1) is 48.1. The molecule has 4 unspecified atom stereocenters. The summed E-state index contributed by atoms with van der Waals surface area (Å²) in [7, 11) is -9.92. The maximum absolute atomic E-state index is 13.1. The second-order valence-corrected chi connectivity index (χ2v) is 33.7. The fraction of sp³-hybridized carbons (Fsp3) is 0.951. The van der Waals surface area contributed by atoms with Gasteiger partial charge in [0, 0.05) is 25.7 Å². The second-order valence-electron chi connectivity index (χ2n) is 30.8. The molecule has 0 aromatic heterocycles. The quantitative estimate of drug-likeness (QED) is 0.0222. The van der Waals surface area contributed by atoms with E-state index in [0.29, 0.717) is 25.7 Å². The number of carbonyl (C=O) groups is 4. The Kier molecular flexibility index (Phi) is 68.7. The molecule has 0 radical (unpaired) electrons. The first-order valence-electron chi connectivity index (χ1n) is 41.7. The minimum atomic E-state index is -4.96. The van der Waals surface area contributed by atoms with E-state index >= 15 is 0 Å². The van der Waals surface area contributed by atoms with E-state index in [-0.39, 0.29) is 25.7 Å². The van der Waals surface area contributed by atoms with Crippen LogP contribution in [0.3, 0.4) is 0 Å². The third kappa shape index (κ3) is 73.0. The summed E-state index contributed by atoms with van der Waals surface area (Å²) in [4.78, 5) is 73.0. The van der Waals surface area contributed by atoms with Crippen LogP contribution in [-0.4, -0.2) is 96.7 Å². The van der Waals surface area contributed by atoms with Crippen molar-refractivity contribution < 1.29 is 80.2 Å². The Morgan fingerprint density at radius 3 is 0.710 bits per heavy atom. The number of carbonyl (C=O) groups excluding carboxylic acids is 4. The molecule has 0 fully saturated rings. The number of phosphoric acid groups is 2. The van der Waals surface area contributed by atoms with Crippen molar-refractivity contribution in [1.29, 1.82) is 0 Å². The molecule has 0 aliphatic heterocycles. The van der Waals surface area contributed by atoms with Gasteiger partial charge in [0.25, 0.3) is 0 Å². The van der Waals surface area contributed by atoms with Crippen molar-refractivity contribution >= 4 is 39.5 Å². The summed E-state index contributed by atoms with van der Waals surface area (Å²) >= 11 is 0. The van der Waals surface area contributed by atoms with Gasteiger partial charge in [0.05, 0.1) is 26.4 Å². The third-order valence-corrected chi connectivity index (χ3v) is 21.1. The summed E-state index contributed by atoms with van der Waals surface area (Å²) in [5.41, 5.74) is 0. The average molecular weight is 1470 g/mol. The predicted octanol–water partition coefficient (Wildman–Crippen LogP) is 24.0. The lowest BCUT2D eigenvalue weighted by Crippen LogP contribution is -2.30. The highest BCUT2D eigenvalue weighted by Crippen LogP contribution is 2.45. The van der Waals surface area contributed by atoms with E-state index in [1.807, 2.05) is 0 Å². The van der Waals surface area contributed by atoms with Gasteiger partial charge >= 0.3 is 39.5 Å². The normalized spacial score (nSPS) is 14.3. The van der Waals surface area contributed by atoms with Crippen molar-refractivity contribution in [3.8, 4) is 0 Å². The summed E-state index contributed by atoms with van der Waals surface area (Å²) in [5.74, 6) is 1.01. The average Bonchev–Trinajstić information content (AvgIpc) is 0.935. The van der Waals surface area contributed by atoms with Gasteiger partial charge in [-0.25, -0.2) is 9.13 Å². The first kappa shape index (κ1) is 98.1. The molecule has 594 valence electrons. The Labute approximate surface area is 613 Å². The highest BCUT2D eigenvalue weighted by atomic mass is 31.2. The van der Waals surface area contributed by atoms with Crippen molar-refractivity contribution in [3.63, 3.8) is 0 Å². The number of ether oxygens (including phenoxy) is 4. The van der Waals surface area contributed by atoms with E-state index in [4.69, 9.17) is 37.0 Å². The Morgan fingerprint density at radius 2 is 0.480 bits per heavy atom. The molecule has 0 heterocycles. The second kappa shape index (κ2) is 70.1. The van der Waals surface area contributed by atoms with Crippen molar-refractivity contribution in [2.45, 2.75) is 433 Å². The van der Waals surface area contributed by atoms with Gasteiger partial charge < -0.3 is 33.8 Å². The SMILES string of the molecule is CCC(C)CCCCCCCCCCCCCCCCCCCCC(=O)O[C@H](COC(=O)CCCCCCCCCCCCCC(C)C)COP(=O)(O)OCC(O)COP(=O)(O)OC[C@@H](COC(=O)CCCCCCCCCCC(C)C)OC(=O)CCCCCCCCCCCCC(C)C. The van der Waals surface area contributed by atoms with Gasteiger partial charge in [-0.05, 0) is 49.4 Å². The molecule has 0 spiro atoms. The third-order valence-electron chi connectivity index (χ3n) is 19.2. The van der Waals surface area contributed by atoms with Crippen LogP contribution in [-0.2, 0) is 65.4 Å². The van der Waals surface area contributed by atoms with Crippen LogP contribution in [0.4, 0.5) is 0 Å². The summed E-state index contributed by atoms with van der Waals surface area (Å²) in [5, 5.41) is 10.6. The number of rotatable bonds is 78. The molecule has 0 saturated heterocycles. The molecule has 3 N–H and O–H groups in total. The lowest BCUT2D eigenvalue weighted by atomic mass is 9.99. The molecule has 17 nitrogen and oxygen atoms in total. The van der Waals surface area contributed by atoms with Crippen molar-refractivity contribution in [3.05, 3.63) is 0 Å². The number of hydrogen-bond donors (Lipinski definition) is 3. The van der Waals surface area contributed by atoms with E-state index in [2.05, 4.69) is 55.4 Å². The van der Waals surface area contributed by atoms with Crippen molar-refractivity contribution in [2.24, 2.45) is 23.7 Å². The van der Waals surface area contributed by atoms with E-state index in [1.54, 1.807) is 0 Å². The molecule has 0 aliphatic carbocycles. The molecule has 0 amide bonds. The predicted molar refractivity (Wildman–Crippen MR) is 409 cm³/mol. The van der Waals surface area contributed by atoms with Gasteiger partial charge in [-0.3, -0.25) is 37.3 Å². The minimum Gasteiger partial charge on any atom is -0.462 e. The van der Waals surface area contributed by atoms with E-state index < -0.39 is 97.5 Å². The van der Waals surface area contributed by atoms with Gasteiger partial charge in [-0.2, -0.15) is 0 Å². The lowest BCUT2D eigenvalue weighted by molar-refractivity contribution is -0.161. The standard InChI is InChI=1S/C81H158O17P2/c1-9-74(8)60-52-44-36-27-20-16-14-12-10-11-13-15-17-21-29-39-47-55-63-80(85)97-76(67-91-78(83)61-53-45-37-28-22-18-19-25-33-41-49-57-71(2)3)69-95-99(87,88)93-65-75(82)66-94-100(89,90)96-70-77(68-92-79(84)62-54-46-38-32-31-35-43-51-59-73(6)7)98-81(86)64-56-48-40-30-24-23-26-34-42-50-58-72(4)5/h71-77,82H,9-70H2,1-8H3,(H,87,88)(H,89,90)/t74?,75?,76-,77-/m1/s1. The minimum absolute atomic E-state index is 0.105. The first-order valence-corrected chi connectivity index (χ1v) is 44.7. The van der Waals surface area contributed by atoms with Gasteiger partial charge in [0.1, 0.15) is 19.3 Å². The van der Waals surface area contributed by atoms with Crippen LogP contribution in [0.5, 0.6) is 0 Å². The van der Waals surface area contributed by atoms with Crippen LogP contribution in [0.15, 0.2) is 0 Å².